The van der Waals surface area contributed by atoms with Crippen molar-refractivity contribution in [3.8, 4) is 5.75 Å². The number of nitrogens with one attached hydrogen (secondary N) is 2. The number of hydrogen-bond acceptors (Lipinski definition) is 5. The average Bonchev–Trinajstić information content (AvgIpc) is 2.79. The maximum Gasteiger partial charge on any atom is 0.264 e. The standard InChI is InChI=1S/C23H22ClN3O5S/c1-16(28)25-17-8-10-18(11-9-17)26-23(29)15-27(19-12-13-22(32-2)21(24)14-19)33(30,31)20-6-4-3-5-7-20/h3-14H,15H2,1-2H3,(H,25,28)(H,26,29). The summed E-state index contributed by atoms with van der Waals surface area (Å²) < 4.78 is 32.8. The molecule has 0 aromatic heterocycles. The van der Waals surface area contributed by atoms with E-state index in [9.17, 15) is 18.0 Å². The predicted octanol–water partition coefficient (Wildman–Crippen LogP) is 4.14. The number of carbonyl (C=O) groups excluding carboxylic acids is 2. The highest BCUT2D eigenvalue weighted by Gasteiger charge is 2.27. The van der Waals surface area contributed by atoms with Crippen LogP contribution in [0.5, 0.6) is 5.75 Å². The van der Waals surface area contributed by atoms with E-state index >= 15 is 0 Å². The topological polar surface area (TPSA) is 105 Å². The molecule has 0 saturated carbocycles. The van der Waals surface area contributed by atoms with Crippen LogP contribution in [0.1, 0.15) is 6.92 Å². The third kappa shape index (κ3) is 6.03. The second kappa shape index (κ2) is 10.4. The number of benzene rings is 3. The quantitative estimate of drug-likeness (QED) is 0.497. The molecule has 172 valence electrons. The van der Waals surface area contributed by atoms with E-state index in [-0.39, 0.29) is 21.5 Å². The maximum absolute atomic E-state index is 13.4. The van der Waals surface area contributed by atoms with Crippen LogP contribution in [-0.2, 0) is 19.6 Å². The zero-order valence-electron chi connectivity index (χ0n) is 17.9. The lowest BCUT2D eigenvalue weighted by atomic mass is 10.2. The number of sulfonamides is 1. The molecule has 0 atom stereocenters. The van der Waals surface area contributed by atoms with Gasteiger partial charge in [0.1, 0.15) is 12.3 Å². The molecule has 2 N–H and O–H groups in total. The Morgan fingerprint density at radius 1 is 0.939 bits per heavy atom. The van der Waals surface area contributed by atoms with Gasteiger partial charge in [-0.1, -0.05) is 29.8 Å². The van der Waals surface area contributed by atoms with Crippen molar-refractivity contribution in [2.45, 2.75) is 11.8 Å². The SMILES string of the molecule is COc1ccc(N(CC(=O)Nc2ccc(NC(C)=O)cc2)S(=O)(=O)c2ccccc2)cc1Cl. The Hall–Kier alpha value is -3.56. The van der Waals surface area contributed by atoms with E-state index in [2.05, 4.69) is 10.6 Å². The molecule has 0 saturated heterocycles. The summed E-state index contributed by atoms with van der Waals surface area (Å²) >= 11 is 6.21. The van der Waals surface area contributed by atoms with Crippen molar-refractivity contribution in [2.75, 3.05) is 28.6 Å². The first-order chi connectivity index (χ1) is 15.7. The minimum absolute atomic E-state index is 0.0319. The fourth-order valence-electron chi connectivity index (χ4n) is 3.02. The molecular formula is C23H22ClN3O5S. The normalized spacial score (nSPS) is 10.9. The van der Waals surface area contributed by atoms with Gasteiger partial charge < -0.3 is 15.4 Å². The summed E-state index contributed by atoms with van der Waals surface area (Å²) in [6.07, 6.45) is 0. The number of amides is 2. The van der Waals surface area contributed by atoms with Crippen molar-refractivity contribution in [3.63, 3.8) is 0 Å². The number of carbonyl (C=O) groups is 2. The number of rotatable bonds is 8. The highest BCUT2D eigenvalue weighted by Crippen LogP contribution is 2.32. The first kappa shape index (κ1) is 24.1. The van der Waals surface area contributed by atoms with Gasteiger partial charge >= 0.3 is 0 Å². The molecule has 8 nitrogen and oxygen atoms in total. The summed E-state index contributed by atoms with van der Waals surface area (Å²) in [6, 6.07) is 18.7. The van der Waals surface area contributed by atoms with Crippen molar-refractivity contribution < 1.29 is 22.7 Å². The highest BCUT2D eigenvalue weighted by molar-refractivity contribution is 7.92. The molecule has 0 radical (unpaired) electrons. The fourth-order valence-corrected chi connectivity index (χ4v) is 4.70. The first-order valence-electron chi connectivity index (χ1n) is 9.79. The lowest BCUT2D eigenvalue weighted by Gasteiger charge is -2.24. The van der Waals surface area contributed by atoms with Crippen LogP contribution in [0.4, 0.5) is 17.1 Å². The van der Waals surface area contributed by atoms with Crippen molar-refractivity contribution in [1.82, 2.24) is 0 Å². The van der Waals surface area contributed by atoms with Crippen LogP contribution >= 0.6 is 11.6 Å². The van der Waals surface area contributed by atoms with Gasteiger partial charge in [0.15, 0.2) is 0 Å². The van der Waals surface area contributed by atoms with Gasteiger partial charge in [-0.2, -0.15) is 0 Å². The number of halogens is 1. The highest BCUT2D eigenvalue weighted by atomic mass is 35.5. The molecular weight excluding hydrogens is 466 g/mol. The Balaban J connectivity index is 1.89. The molecule has 0 heterocycles. The van der Waals surface area contributed by atoms with Crippen LogP contribution in [0, 0.1) is 0 Å². The molecule has 0 fully saturated rings. The van der Waals surface area contributed by atoms with Crippen LogP contribution < -0.4 is 19.7 Å². The molecule has 0 aliphatic rings. The fraction of sp³-hybridized carbons (Fsp3) is 0.130. The Bertz CT molecular complexity index is 1250. The molecule has 3 aromatic rings. The van der Waals surface area contributed by atoms with E-state index in [1.165, 1.54) is 44.4 Å². The Morgan fingerprint density at radius 2 is 1.55 bits per heavy atom. The minimum Gasteiger partial charge on any atom is -0.495 e. The van der Waals surface area contributed by atoms with E-state index < -0.39 is 22.5 Å². The Labute approximate surface area is 197 Å². The molecule has 0 aliphatic carbocycles. The average molecular weight is 488 g/mol. The van der Waals surface area contributed by atoms with Crippen molar-refractivity contribution in [3.05, 3.63) is 77.8 Å². The second-order valence-electron chi connectivity index (χ2n) is 6.95. The van der Waals surface area contributed by atoms with Gasteiger partial charge in [-0.25, -0.2) is 8.42 Å². The molecule has 3 rings (SSSR count). The van der Waals surface area contributed by atoms with E-state index in [0.717, 1.165) is 4.31 Å². The summed E-state index contributed by atoms with van der Waals surface area (Å²) in [7, 11) is -2.62. The maximum atomic E-state index is 13.4. The second-order valence-corrected chi connectivity index (χ2v) is 9.22. The summed E-state index contributed by atoms with van der Waals surface area (Å²) in [5.41, 5.74) is 1.22. The molecule has 33 heavy (non-hydrogen) atoms. The third-order valence-corrected chi connectivity index (χ3v) is 6.61. The van der Waals surface area contributed by atoms with Crippen molar-refractivity contribution >= 4 is 50.5 Å². The molecule has 10 heteroatoms. The monoisotopic (exact) mass is 487 g/mol. The third-order valence-electron chi connectivity index (χ3n) is 4.53. The van der Waals surface area contributed by atoms with E-state index in [1.54, 1.807) is 42.5 Å². The van der Waals surface area contributed by atoms with E-state index in [1.807, 2.05) is 0 Å². The van der Waals surface area contributed by atoms with Gasteiger partial charge in [-0.15, -0.1) is 0 Å². The van der Waals surface area contributed by atoms with E-state index in [0.29, 0.717) is 17.1 Å². The minimum atomic E-state index is -4.07. The van der Waals surface area contributed by atoms with Crippen LogP contribution in [0.3, 0.4) is 0 Å². The summed E-state index contributed by atoms with van der Waals surface area (Å²) in [5, 5.41) is 5.50. The molecule has 0 aliphatic heterocycles. The van der Waals surface area contributed by atoms with Crippen LogP contribution in [0.15, 0.2) is 77.7 Å². The summed E-state index contributed by atoms with van der Waals surface area (Å²) in [6.45, 7) is 0.899. The van der Waals surface area contributed by atoms with Gasteiger partial charge in [-0.05, 0) is 54.6 Å². The number of methoxy groups -OCH3 is 1. The molecule has 2 amide bonds. The van der Waals surface area contributed by atoms with Gasteiger partial charge in [0, 0.05) is 18.3 Å². The number of hydrogen-bond donors (Lipinski definition) is 2. The molecule has 0 spiro atoms. The lowest BCUT2D eigenvalue weighted by molar-refractivity contribution is -0.115. The lowest BCUT2D eigenvalue weighted by Crippen LogP contribution is -2.38. The first-order valence-corrected chi connectivity index (χ1v) is 11.6. The molecule has 0 bridgehead atoms. The summed E-state index contributed by atoms with van der Waals surface area (Å²) in [4.78, 5) is 24.0. The van der Waals surface area contributed by atoms with Gasteiger partial charge in [0.2, 0.25) is 11.8 Å². The molecule has 3 aromatic carbocycles. The predicted molar refractivity (Wildman–Crippen MR) is 128 cm³/mol. The molecule has 0 unspecified atom stereocenters. The Morgan fingerprint density at radius 3 is 2.09 bits per heavy atom. The van der Waals surface area contributed by atoms with Gasteiger partial charge in [0.25, 0.3) is 10.0 Å². The Kier molecular flexibility index (Phi) is 7.57. The smallest absolute Gasteiger partial charge is 0.264 e. The number of ether oxygens (including phenoxy) is 1. The van der Waals surface area contributed by atoms with Gasteiger partial charge in [0.05, 0.1) is 22.7 Å². The zero-order valence-corrected chi connectivity index (χ0v) is 19.5. The van der Waals surface area contributed by atoms with Crippen LogP contribution in [0.2, 0.25) is 5.02 Å². The van der Waals surface area contributed by atoms with Crippen LogP contribution in [0.25, 0.3) is 0 Å². The zero-order chi connectivity index (χ0) is 24.0. The number of nitrogens with zero attached hydrogens (tertiary/aromatic N) is 1. The van der Waals surface area contributed by atoms with Crippen molar-refractivity contribution in [1.29, 1.82) is 0 Å². The van der Waals surface area contributed by atoms with Crippen LogP contribution in [-0.4, -0.2) is 33.9 Å². The van der Waals surface area contributed by atoms with Gasteiger partial charge in [-0.3, -0.25) is 13.9 Å². The van der Waals surface area contributed by atoms with Crippen molar-refractivity contribution in [2.24, 2.45) is 0 Å². The number of anilines is 3. The summed E-state index contributed by atoms with van der Waals surface area (Å²) in [5.74, 6) is -0.401. The van der Waals surface area contributed by atoms with E-state index in [4.69, 9.17) is 16.3 Å². The largest absolute Gasteiger partial charge is 0.495 e.